The molecule has 0 bridgehead atoms. The summed E-state index contributed by atoms with van der Waals surface area (Å²) in [4.78, 5) is 22.0. The van der Waals surface area contributed by atoms with E-state index in [1.807, 2.05) is 13.8 Å². The van der Waals surface area contributed by atoms with Crippen molar-refractivity contribution in [1.29, 1.82) is 0 Å². The van der Waals surface area contributed by atoms with Gasteiger partial charge in [-0.2, -0.15) is 0 Å². The van der Waals surface area contributed by atoms with E-state index in [0.717, 1.165) is 0 Å². The van der Waals surface area contributed by atoms with Crippen LogP contribution in [-0.2, 0) is 4.79 Å². The zero-order valence-electron chi connectivity index (χ0n) is 12.5. The van der Waals surface area contributed by atoms with Crippen LogP contribution in [0.25, 0.3) is 0 Å². The van der Waals surface area contributed by atoms with E-state index < -0.39 is 17.1 Å². The molecule has 7 heteroatoms. The summed E-state index contributed by atoms with van der Waals surface area (Å²) in [6.07, 6.45) is -1.72. The number of nitrogens with zero attached hydrogens (tertiary/aromatic N) is 1. The molecule has 1 aromatic carbocycles. The van der Waals surface area contributed by atoms with Crippen LogP contribution in [0.15, 0.2) is 18.2 Å². The number of rotatable bonds is 6. The molecule has 2 N–H and O–H groups in total. The molecule has 116 valence electrons. The maximum absolute atomic E-state index is 11.8. The number of aliphatic hydroxyl groups excluding tert-OH is 1. The first-order valence-electron chi connectivity index (χ1n) is 6.65. The SMILES string of the molecule is CC(C)NC(=O)C(C)Oc1ccc([N+](=O)[O-])cc1[C@H](C)O. The second-order valence-corrected chi connectivity index (χ2v) is 5.08. The van der Waals surface area contributed by atoms with Gasteiger partial charge in [-0.1, -0.05) is 0 Å². The number of hydrogen-bond donors (Lipinski definition) is 2. The average Bonchev–Trinajstić information content (AvgIpc) is 2.37. The molecule has 0 fully saturated rings. The van der Waals surface area contributed by atoms with Gasteiger partial charge < -0.3 is 15.2 Å². The second-order valence-electron chi connectivity index (χ2n) is 5.08. The van der Waals surface area contributed by atoms with Crippen LogP contribution in [0.5, 0.6) is 5.75 Å². The predicted octanol–water partition coefficient (Wildman–Crippen LogP) is 1.94. The van der Waals surface area contributed by atoms with Gasteiger partial charge in [-0.15, -0.1) is 0 Å². The van der Waals surface area contributed by atoms with Crippen LogP contribution < -0.4 is 10.1 Å². The highest BCUT2D eigenvalue weighted by molar-refractivity contribution is 5.81. The maximum atomic E-state index is 11.8. The number of carbonyl (C=O) groups is 1. The fourth-order valence-corrected chi connectivity index (χ4v) is 1.73. The van der Waals surface area contributed by atoms with Gasteiger partial charge in [-0.05, 0) is 33.8 Å². The molecule has 0 aliphatic heterocycles. The van der Waals surface area contributed by atoms with E-state index in [1.54, 1.807) is 6.92 Å². The van der Waals surface area contributed by atoms with Crippen molar-refractivity contribution in [3.05, 3.63) is 33.9 Å². The molecular formula is C14H20N2O5. The molecular weight excluding hydrogens is 276 g/mol. The molecule has 7 nitrogen and oxygen atoms in total. The van der Waals surface area contributed by atoms with Gasteiger partial charge in [0.05, 0.1) is 11.0 Å². The minimum absolute atomic E-state index is 0.0170. The highest BCUT2D eigenvalue weighted by atomic mass is 16.6. The third-order valence-electron chi connectivity index (χ3n) is 2.76. The van der Waals surface area contributed by atoms with Crippen LogP contribution in [0.3, 0.4) is 0 Å². The Bertz CT molecular complexity index is 528. The number of nitro groups is 1. The lowest BCUT2D eigenvalue weighted by molar-refractivity contribution is -0.385. The van der Waals surface area contributed by atoms with Gasteiger partial charge in [0.15, 0.2) is 6.10 Å². The standard InChI is InChI=1S/C14H20N2O5/c1-8(2)15-14(18)10(4)21-13-6-5-11(16(19)20)7-12(13)9(3)17/h5-10,17H,1-4H3,(H,15,18)/t9-,10?/m0/s1. The predicted molar refractivity (Wildman–Crippen MR) is 77.1 cm³/mol. The number of nitro benzene ring substituents is 1. The molecule has 0 aliphatic rings. The van der Waals surface area contributed by atoms with Gasteiger partial charge in [0.1, 0.15) is 5.75 Å². The van der Waals surface area contributed by atoms with E-state index in [4.69, 9.17) is 4.74 Å². The summed E-state index contributed by atoms with van der Waals surface area (Å²) in [6, 6.07) is 3.89. The summed E-state index contributed by atoms with van der Waals surface area (Å²) < 4.78 is 5.51. The first-order valence-corrected chi connectivity index (χ1v) is 6.65. The molecule has 21 heavy (non-hydrogen) atoms. The Morgan fingerprint density at radius 1 is 1.33 bits per heavy atom. The Hall–Kier alpha value is -2.15. The van der Waals surface area contributed by atoms with Gasteiger partial charge in [0, 0.05) is 23.7 Å². The van der Waals surface area contributed by atoms with Gasteiger partial charge in [0.2, 0.25) is 0 Å². The third-order valence-corrected chi connectivity index (χ3v) is 2.76. The Balaban J connectivity index is 2.97. The Morgan fingerprint density at radius 3 is 2.43 bits per heavy atom. The zero-order chi connectivity index (χ0) is 16.2. The highest BCUT2D eigenvalue weighted by Gasteiger charge is 2.20. The van der Waals surface area contributed by atoms with Crippen molar-refractivity contribution in [2.45, 2.75) is 45.9 Å². The summed E-state index contributed by atoms with van der Waals surface area (Å²) >= 11 is 0. The Morgan fingerprint density at radius 2 is 1.95 bits per heavy atom. The lowest BCUT2D eigenvalue weighted by atomic mass is 10.1. The van der Waals surface area contributed by atoms with Crippen molar-refractivity contribution in [3.63, 3.8) is 0 Å². The van der Waals surface area contributed by atoms with Crippen molar-refractivity contribution in [2.24, 2.45) is 0 Å². The van der Waals surface area contributed by atoms with Crippen LogP contribution in [-0.4, -0.2) is 28.1 Å². The van der Waals surface area contributed by atoms with Gasteiger partial charge in [-0.3, -0.25) is 14.9 Å². The molecule has 2 atom stereocenters. The molecule has 1 aromatic rings. The number of benzene rings is 1. The smallest absolute Gasteiger partial charge is 0.270 e. The van der Waals surface area contributed by atoms with Crippen LogP contribution in [0.2, 0.25) is 0 Å². The van der Waals surface area contributed by atoms with Gasteiger partial charge >= 0.3 is 0 Å². The number of nitrogens with one attached hydrogen (secondary N) is 1. The van der Waals surface area contributed by atoms with Crippen molar-refractivity contribution in [3.8, 4) is 5.75 Å². The van der Waals surface area contributed by atoms with Crippen LogP contribution >= 0.6 is 0 Å². The monoisotopic (exact) mass is 296 g/mol. The minimum Gasteiger partial charge on any atom is -0.481 e. The number of hydrogen-bond acceptors (Lipinski definition) is 5. The number of aliphatic hydroxyl groups is 1. The van der Waals surface area contributed by atoms with E-state index in [2.05, 4.69) is 5.32 Å². The summed E-state index contributed by atoms with van der Waals surface area (Å²) in [5.41, 5.74) is 0.130. The normalized spacial score (nSPS) is 13.6. The molecule has 0 radical (unpaired) electrons. The van der Waals surface area contributed by atoms with E-state index in [0.29, 0.717) is 0 Å². The maximum Gasteiger partial charge on any atom is 0.270 e. The fourth-order valence-electron chi connectivity index (χ4n) is 1.73. The zero-order valence-corrected chi connectivity index (χ0v) is 12.5. The Labute approximate surface area is 123 Å². The van der Waals surface area contributed by atoms with Crippen molar-refractivity contribution in [1.82, 2.24) is 5.32 Å². The van der Waals surface area contributed by atoms with E-state index in [-0.39, 0.29) is 28.9 Å². The van der Waals surface area contributed by atoms with Crippen molar-refractivity contribution in [2.75, 3.05) is 0 Å². The average molecular weight is 296 g/mol. The molecule has 1 amide bonds. The first-order chi connectivity index (χ1) is 9.72. The van der Waals surface area contributed by atoms with E-state index >= 15 is 0 Å². The molecule has 0 saturated heterocycles. The Kier molecular flexibility index (Phi) is 5.66. The number of ether oxygens (including phenoxy) is 1. The highest BCUT2D eigenvalue weighted by Crippen LogP contribution is 2.30. The van der Waals surface area contributed by atoms with Crippen LogP contribution in [0, 0.1) is 10.1 Å². The number of carbonyl (C=O) groups excluding carboxylic acids is 1. The van der Waals surface area contributed by atoms with Crippen LogP contribution in [0.4, 0.5) is 5.69 Å². The molecule has 0 aliphatic carbocycles. The lowest BCUT2D eigenvalue weighted by Crippen LogP contribution is -2.40. The molecule has 0 aromatic heterocycles. The summed E-state index contributed by atoms with van der Waals surface area (Å²) in [5, 5.41) is 23.2. The molecule has 1 unspecified atom stereocenters. The summed E-state index contributed by atoms with van der Waals surface area (Å²) in [7, 11) is 0. The largest absolute Gasteiger partial charge is 0.481 e. The van der Waals surface area contributed by atoms with E-state index in [9.17, 15) is 20.0 Å². The lowest BCUT2D eigenvalue weighted by Gasteiger charge is -2.19. The number of amides is 1. The van der Waals surface area contributed by atoms with Crippen molar-refractivity contribution < 1.29 is 19.6 Å². The quantitative estimate of drug-likeness (QED) is 0.617. The summed E-state index contributed by atoms with van der Waals surface area (Å²) in [6.45, 7) is 6.71. The first kappa shape index (κ1) is 16.9. The topological polar surface area (TPSA) is 102 Å². The fraction of sp³-hybridized carbons (Fsp3) is 0.500. The molecule has 0 saturated carbocycles. The minimum atomic E-state index is -0.944. The van der Waals surface area contributed by atoms with E-state index in [1.165, 1.54) is 25.1 Å². The van der Waals surface area contributed by atoms with Crippen molar-refractivity contribution >= 4 is 11.6 Å². The van der Waals surface area contributed by atoms with Crippen LogP contribution in [0.1, 0.15) is 39.4 Å². The third kappa shape index (κ3) is 4.71. The second kappa shape index (κ2) is 7.03. The van der Waals surface area contributed by atoms with Gasteiger partial charge in [-0.25, -0.2) is 0 Å². The van der Waals surface area contributed by atoms with Gasteiger partial charge in [0.25, 0.3) is 11.6 Å². The molecule has 1 rings (SSSR count). The number of non-ortho nitro benzene ring substituents is 1. The summed E-state index contributed by atoms with van der Waals surface area (Å²) in [5.74, 6) is -0.0399. The molecule has 0 heterocycles. The molecule has 0 spiro atoms.